The maximum atomic E-state index is 11.2. The van der Waals surface area contributed by atoms with Crippen molar-refractivity contribution >= 4 is 29.2 Å². The minimum atomic E-state index is -0.566. The van der Waals surface area contributed by atoms with Gasteiger partial charge in [-0.2, -0.15) is 0 Å². The Kier molecular flexibility index (Phi) is 7.69. The third-order valence-electron chi connectivity index (χ3n) is 2.36. The summed E-state index contributed by atoms with van der Waals surface area (Å²) in [4.78, 5) is 11.2. The standard InChI is InChI=1S/C13H18Cl2N2O3/c1-9(18)7-17-13(19)16-4-5-20-8-10-2-3-11(14)6-12(10)15/h2-3,6,9,18H,4-5,7-8H2,1H3,(H2,16,17,19)/t9-/m1/s1. The molecule has 2 amide bonds. The Balaban J connectivity index is 2.14. The van der Waals surface area contributed by atoms with Crippen LogP contribution in [0.3, 0.4) is 0 Å². The van der Waals surface area contributed by atoms with Gasteiger partial charge >= 0.3 is 6.03 Å². The normalized spacial score (nSPS) is 12.0. The van der Waals surface area contributed by atoms with Gasteiger partial charge in [-0.25, -0.2) is 4.79 Å². The number of nitrogens with one attached hydrogen (secondary N) is 2. The van der Waals surface area contributed by atoms with Gasteiger partial charge in [0.2, 0.25) is 0 Å². The number of ether oxygens (including phenoxy) is 1. The van der Waals surface area contributed by atoms with Crippen molar-refractivity contribution in [1.29, 1.82) is 0 Å². The van der Waals surface area contributed by atoms with Crippen LogP contribution in [-0.4, -0.2) is 36.9 Å². The van der Waals surface area contributed by atoms with Crippen molar-refractivity contribution in [2.45, 2.75) is 19.6 Å². The van der Waals surface area contributed by atoms with Gasteiger partial charge in [-0.3, -0.25) is 0 Å². The quantitative estimate of drug-likeness (QED) is 0.674. The zero-order chi connectivity index (χ0) is 15.0. The fourth-order valence-electron chi connectivity index (χ4n) is 1.36. The molecule has 1 aromatic carbocycles. The largest absolute Gasteiger partial charge is 0.392 e. The third kappa shape index (κ3) is 6.96. The summed E-state index contributed by atoms with van der Waals surface area (Å²) in [7, 11) is 0. The van der Waals surface area contributed by atoms with E-state index in [1.54, 1.807) is 25.1 Å². The van der Waals surface area contributed by atoms with Crippen molar-refractivity contribution in [1.82, 2.24) is 10.6 Å². The third-order valence-corrected chi connectivity index (χ3v) is 2.95. The van der Waals surface area contributed by atoms with E-state index in [-0.39, 0.29) is 12.6 Å². The highest BCUT2D eigenvalue weighted by Crippen LogP contribution is 2.21. The van der Waals surface area contributed by atoms with Crippen LogP contribution in [-0.2, 0) is 11.3 Å². The number of carbonyl (C=O) groups is 1. The molecular weight excluding hydrogens is 303 g/mol. The zero-order valence-electron chi connectivity index (χ0n) is 11.2. The van der Waals surface area contributed by atoms with Crippen molar-refractivity contribution in [3.05, 3.63) is 33.8 Å². The summed E-state index contributed by atoms with van der Waals surface area (Å²) >= 11 is 11.8. The Hall–Kier alpha value is -1.01. The Bertz CT molecular complexity index is 442. The van der Waals surface area contributed by atoms with Gasteiger partial charge in [-0.05, 0) is 24.6 Å². The lowest BCUT2D eigenvalue weighted by Gasteiger charge is -2.10. The predicted octanol–water partition coefficient (Wildman–Crippen LogP) is 2.19. The summed E-state index contributed by atoms with van der Waals surface area (Å²) in [5.74, 6) is 0. The molecule has 0 saturated carbocycles. The average Bonchev–Trinajstić information content (AvgIpc) is 2.38. The Labute approximate surface area is 128 Å². The number of benzene rings is 1. The van der Waals surface area contributed by atoms with Gasteiger partial charge in [-0.15, -0.1) is 0 Å². The minimum Gasteiger partial charge on any atom is -0.392 e. The molecule has 112 valence electrons. The molecule has 0 heterocycles. The summed E-state index contributed by atoms with van der Waals surface area (Å²) < 4.78 is 5.40. The Morgan fingerprint density at radius 2 is 2.15 bits per heavy atom. The fraction of sp³-hybridized carbons (Fsp3) is 0.462. The molecule has 0 unspecified atom stereocenters. The molecule has 1 atom stereocenters. The molecule has 3 N–H and O–H groups in total. The van der Waals surface area contributed by atoms with Gasteiger partial charge in [0, 0.05) is 23.1 Å². The summed E-state index contributed by atoms with van der Waals surface area (Å²) in [5, 5.41) is 15.3. The predicted molar refractivity (Wildman–Crippen MR) is 79.2 cm³/mol. The van der Waals surface area contributed by atoms with Gasteiger partial charge in [0.15, 0.2) is 0 Å². The number of hydrogen-bond donors (Lipinski definition) is 3. The molecule has 0 aromatic heterocycles. The van der Waals surface area contributed by atoms with Crippen LogP contribution in [0.2, 0.25) is 10.0 Å². The van der Waals surface area contributed by atoms with Gasteiger partial charge in [0.25, 0.3) is 0 Å². The number of halogens is 2. The molecule has 0 aliphatic carbocycles. The maximum absolute atomic E-state index is 11.2. The topological polar surface area (TPSA) is 70.6 Å². The number of rotatable bonds is 7. The monoisotopic (exact) mass is 320 g/mol. The molecule has 20 heavy (non-hydrogen) atoms. The molecule has 0 spiro atoms. The molecule has 0 bridgehead atoms. The molecule has 1 aromatic rings. The van der Waals surface area contributed by atoms with E-state index in [4.69, 9.17) is 33.0 Å². The highest BCUT2D eigenvalue weighted by atomic mass is 35.5. The Morgan fingerprint density at radius 1 is 1.40 bits per heavy atom. The molecular formula is C13H18Cl2N2O3. The van der Waals surface area contributed by atoms with Crippen molar-refractivity contribution < 1.29 is 14.6 Å². The summed E-state index contributed by atoms with van der Waals surface area (Å²) in [6.07, 6.45) is -0.566. The van der Waals surface area contributed by atoms with Crippen molar-refractivity contribution in [2.24, 2.45) is 0 Å². The van der Waals surface area contributed by atoms with Crippen LogP contribution in [0.25, 0.3) is 0 Å². The van der Waals surface area contributed by atoms with E-state index in [1.165, 1.54) is 0 Å². The van der Waals surface area contributed by atoms with E-state index in [0.717, 1.165) is 5.56 Å². The van der Waals surface area contributed by atoms with Gasteiger partial charge in [-0.1, -0.05) is 29.3 Å². The summed E-state index contributed by atoms with van der Waals surface area (Å²) in [6.45, 7) is 2.90. The first kappa shape index (κ1) is 17.0. The lowest BCUT2D eigenvalue weighted by molar-refractivity contribution is 0.123. The number of hydrogen-bond acceptors (Lipinski definition) is 3. The van der Waals surface area contributed by atoms with E-state index < -0.39 is 6.10 Å². The molecule has 0 saturated heterocycles. The molecule has 0 aliphatic heterocycles. The smallest absolute Gasteiger partial charge is 0.314 e. The van der Waals surface area contributed by atoms with Crippen LogP contribution < -0.4 is 10.6 Å². The maximum Gasteiger partial charge on any atom is 0.314 e. The van der Waals surface area contributed by atoms with E-state index in [0.29, 0.717) is 29.8 Å². The van der Waals surface area contributed by atoms with Crippen LogP contribution in [0.15, 0.2) is 18.2 Å². The van der Waals surface area contributed by atoms with Crippen LogP contribution in [0.1, 0.15) is 12.5 Å². The minimum absolute atomic E-state index is 0.215. The van der Waals surface area contributed by atoms with Crippen LogP contribution in [0.5, 0.6) is 0 Å². The highest BCUT2D eigenvalue weighted by molar-refractivity contribution is 6.35. The number of aliphatic hydroxyl groups excluding tert-OH is 1. The number of carbonyl (C=O) groups excluding carboxylic acids is 1. The summed E-state index contributed by atoms with van der Waals surface area (Å²) in [6, 6.07) is 4.87. The molecule has 0 fully saturated rings. The molecule has 1 rings (SSSR count). The lowest BCUT2D eigenvalue weighted by atomic mass is 10.2. The first-order chi connectivity index (χ1) is 9.49. The van der Waals surface area contributed by atoms with E-state index >= 15 is 0 Å². The first-order valence-electron chi connectivity index (χ1n) is 6.20. The zero-order valence-corrected chi connectivity index (χ0v) is 12.7. The van der Waals surface area contributed by atoms with Crippen molar-refractivity contribution in [3.63, 3.8) is 0 Å². The second-order valence-electron chi connectivity index (χ2n) is 4.27. The van der Waals surface area contributed by atoms with E-state index in [1.807, 2.05) is 0 Å². The second-order valence-corrected chi connectivity index (χ2v) is 5.12. The van der Waals surface area contributed by atoms with Gasteiger partial charge < -0.3 is 20.5 Å². The van der Waals surface area contributed by atoms with Crippen LogP contribution >= 0.6 is 23.2 Å². The number of urea groups is 1. The molecule has 5 nitrogen and oxygen atoms in total. The molecule has 7 heteroatoms. The van der Waals surface area contributed by atoms with Crippen molar-refractivity contribution in [3.8, 4) is 0 Å². The summed E-state index contributed by atoms with van der Waals surface area (Å²) in [5.41, 5.74) is 0.842. The fourth-order valence-corrected chi connectivity index (χ4v) is 1.82. The molecule has 0 radical (unpaired) electrons. The van der Waals surface area contributed by atoms with Crippen LogP contribution in [0, 0.1) is 0 Å². The Morgan fingerprint density at radius 3 is 2.80 bits per heavy atom. The first-order valence-corrected chi connectivity index (χ1v) is 6.96. The average molecular weight is 321 g/mol. The van der Waals surface area contributed by atoms with Gasteiger partial charge in [0.1, 0.15) is 0 Å². The number of amides is 2. The van der Waals surface area contributed by atoms with E-state index in [2.05, 4.69) is 10.6 Å². The lowest BCUT2D eigenvalue weighted by Crippen LogP contribution is -2.40. The van der Waals surface area contributed by atoms with Crippen LogP contribution in [0.4, 0.5) is 4.79 Å². The number of aliphatic hydroxyl groups is 1. The van der Waals surface area contributed by atoms with E-state index in [9.17, 15) is 4.79 Å². The van der Waals surface area contributed by atoms with Gasteiger partial charge in [0.05, 0.1) is 19.3 Å². The van der Waals surface area contributed by atoms with Crippen molar-refractivity contribution in [2.75, 3.05) is 19.7 Å². The SMILES string of the molecule is C[C@@H](O)CNC(=O)NCCOCc1ccc(Cl)cc1Cl. The second kappa shape index (κ2) is 9.02. The highest BCUT2D eigenvalue weighted by Gasteiger charge is 2.03. The molecule has 0 aliphatic rings.